The lowest BCUT2D eigenvalue weighted by Crippen LogP contribution is -2.33. The fraction of sp³-hybridized carbons (Fsp3) is 0.423. The molecule has 170 valence electrons. The maximum Gasteiger partial charge on any atom is 0.310 e. The standard InChI is InChI=1S/C26H31NO4S/c1-25(2)11-12-26(3,4)19-13-16(7-9-18(19)25)22-20(30-5)10-8-17(23(22)31-6)14-27-21(28)15-32-24(27)29/h7-10,13,15,28H,11-12,14H2,1-6H3. The van der Waals surface area contributed by atoms with Crippen molar-refractivity contribution < 1.29 is 14.6 Å². The van der Waals surface area contributed by atoms with Crippen molar-refractivity contribution in [2.45, 2.75) is 57.9 Å². The molecule has 2 aromatic carbocycles. The first-order chi connectivity index (χ1) is 15.1. The fourth-order valence-electron chi connectivity index (χ4n) is 4.79. The minimum atomic E-state index is -0.209. The van der Waals surface area contributed by atoms with Crippen LogP contribution in [0.3, 0.4) is 0 Å². The Morgan fingerprint density at radius 3 is 2.28 bits per heavy atom. The highest BCUT2D eigenvalue weighted by atomic mass is 32.1. The Hall–Kier alpha value is -2.73. The summed E-state index contributed by atoms with van der Waals surface area (Å²) < 4.78 is 12.9. The monoisotopic (exact) mass is 453 g/mol. The SMILES string of the molecule is COc1ccc(Cn2c(O)csc2=O)c(OC)c1-c1ccc2c(c1)C(C)(C)CCC2(C)C. The van der Waals surface area contributed by atoms with Crippen molar-refractivity contribution in [1.82, 2.24) is 4.57 Å². The van der Waals surface area contributed by atoms with Crippen LogP contribution in [0.15, 0.2) is 40.5 Å². The summed E-state index contributed by atoms with van der Waals surface area (Å²) in [6, 6.07) is 10.4. The van der Waals surface area contributed by atoms with Crippen LogP contribution < -0.4 is 14.3 Å². The zero-order valence-electron chi connectivity index (χ0n) is 19.6. The van der Waals surface area contributed by atoms with Gasteiger partial charge in [-0.05, 0) is 52.5 Å². The minimum Gasteiger partial charge on any atom is -0.496 e. The zero-order chi connectivity index (χ0) is 23.3. The van der Waals surface area contributed by atoms with Crippen molar-refractivity contribution in [1.29, 1.82) is 0 Å². The van der Waals surface area contributed by atoms with E-state index in [0.717, 1.165) is 40.9 Å². The Kier molecular flexibility index (Phi) is 5.61. The molecular weight excluding hydrogens is 422 g/mol. The molecule has 0 amide bonds. The van der Waals surface area contributed by atoms with Crippen LogP contribution >= 0.6 is 11.3 Å². The Balaban J connectivity index is 1.91. The van der Waals surface area contributed by atoms with Gasteiger partial charge < -0.3 is 14.6 Å². The molecule has 1 aliphatic rings. The zero-order valence-corrected chi connectivity index (χ0v) is 20.4. The summed E-state index contributed by atoms with van der Waals surface area (Å²) in [5, 5.41) is 11.5. The number of fused-ring (bicyclic) bond motifs is 1. The second-order valence-corrected chi connectivity index (χ2v) is 10.6. The molecule has 1 heterocycles. The van der Waals surface area contributed by atoms with Gasteiger partial charge in [-0.3, -0.25) is 9.36 Å². The van der Waals surface area contributed by atoms with Gasteiger partial charge in [0.05, 0.1) is 31.7 Å². The van der Waals surface area contributed by atoms with Crippen molar-refractivity contribution in [2.75, 3.05) is 14.2 Å². The van der Waals surface area contributed by atoms with E-state index < -0.39 is 0 Å². The van der Waals surface area contributed by atoms with Crippen LogP contribution in [0.4, 0.5) is 0 Å². The summed E-state index contributed by atoms with van der Waals surface area (Å²) in [4.78, 5) is 12.0. The molecule has 6 heteroatoms. The van der Waals surface area contributed by atoms with Gasteiger partial charge in [0, 0.05) is 5.56 Å². The first kappa shape index (κ1) is 22.5. The molecule has 0 saturated carbocycles. The highest BCUT2D eigenvalue weighted by Gasteiger charge is 2.37. The molecule has 4 rings (SSSR count). The summed E-state index contributed by atoms with van der Waals surface area (Å²) in [6.45, 7) is 9.46. The van der Waals surface area contributed by atoms with Gasteiger partial charge in [0.1, 0.15) is 11.5 Å². The molecule has 0 atom stereocenters. The van der Waals surface area contributed by atoms with Gasteiger partial charge in [-0.1, -0.05) is 57.2 Å². The summed E-state index contributed by atoms with van der Waals surface area (Å²) in [6.07, 6.45) is 2.29. The van der Waals surface area contributed by atoms with E-state index in [2.05, 4.69) is 45.9 Å². The summed E-state index contributed by atoms with van der Waals surface area (Å²) >= 11 is 0.979. The highest BCUT2D eigenvalue weighted by molar-refractivity contribution is 7.07. The van der Waals surface area contributed by atoms with E-state index in [0.29, 0.717) is 11.5 Å². The lowest BCUT2D eigenvalue weighted by Gasteiger charge is -2.42. The van der Waals surface area contributed by atoms with Gasteiger partial charge in [0.15, 0.2) is 0 Å². The minimum absolute atomic E-state index is 0.0443. The Morgan fingerprint density at radius 1 is 1.00 bits per heavy atom. The molecule has 0 fully saturated rings. The number of thiazole rings is 1. The molecule has 0 aliphatic heterocycles. The van der Waals surface area contributed by atoms with Crippen molar-refractivity contribution in [3.63, 3.8) is 0 Å². The number of benzene rings is 2. The maximum absolute atomic E-state index is 12.2. The molecular formula is C26H31NO4S. The molecule has 32 heavy (non-hydrogen) atoms. The number of nitrogens with zero attached hydrogens (tertiary/aromatic N) is 1. The second-order valence-electron chi connectivity index (χ2n) is 9.81. The van der Waals surface area contributed by atoms with Gasteiger partial charge in [0.2, 0.25) is 5.88 Å². The van der Waals surface area contributed by atoms with E-state index in [1.165, 1.54) is 21.1 Å². The lowest BCUT2D eigenvalue weighted by atomic mass is 9.63. The number of aromatic hydroxyl groups is 1. The van der Waals surface area contributed by atoms with Gasteiger partial charge in [-0.2, -0.15) is 0 Å². The van der Waals surface area contributed by atoms with Crippen LogP contribution in [0.25, 0.3) is 11.1 Å². The van der Waals surface area contributed by atoms with Crippen LogP contribution in [0.1, 0.15) is 57.2 Å². The molecule has 0 spiro atoms. The molecule has 1 aromatic heterocycles. The predicted octanol–water partition coefficient (Wildman–Crippen LogP) is 5.70. The average Bonchev–Trinajstić information content (AvgIpc) is 3.08. The number of aromatic nitrogens is 1. The van der Waals surface area contributed by atoms with Gasteiger partial charge >= 0.3 is 4.87 Å². The number of hydrogen-bond donors (Lipinski definition) is 1. The van der Waals surface area contributed by atoms with E-state index in [9.17, 15) is 9.90 Å². The van der Waals surface area contributed by atoms with Crippen LogP contribution in [-0.2, 0) is 17.4 Å². The van der Waals surface area contributed by atoms with Crippen LogP contribution in [0.2, 0.25) is 0 Å². The molecule has 5 nitrogen and oxygen atoms in total. The number of rotatable bonds is 5. The van der Waals surface area contributed by atoms with Crippen LogP contribution in [0, 0.1) is 0 Å². The molecule has 0 bridgehead atoms. The topological polar surface area (TPSA) is 60.7 Å². The molecule has 0 unspecified atom stereocenters. The molecule has 1 N–H and O–H groups in total. The van der Waals surface area contributed by atoms with E-state index in [1.807, 2.05) is 12.1 Å². The first-order valence-corrected chi connectivity index (χ1v) is 11.7. The third kappa shape index (κ3) is 3.71. The van der Waals surface area contributed by atoms with Gasteiger partial charge in [-0.15, -0.1) is 0 Å². The van der Waals surface area contributed by atoms with Gasteiger partial charge in [0.25, 0.3) is 0 Å². The quantitative estimate of drug-likeness (QED) is 0.539. The summed E-state index contributed by atoms with van der Waals surface area (Å²) in [7, 11) is 3.28. The van der Waals surface area contributed by atoms with Crippen LogP contribution in [-0.4, -0.2) is 23.9 Å². The second kappa shape index (κ2) is 8.00. The van der Waals surface area contributed by atoms with E-state index in [-0.39, 0.29) is 28.1 Å². The molecule has 3 aromatic rings. The number of hydrogen-bond acceptors (Lipinski definition) is 5. The van der Waals surface area contributed by atoms with E-state index in [4.69, 9.17) is 9.47 Å². The van der Waals surface area contributed by atoms with E-state index >= 15 is 0 Å². The summed E-state index contributed by atoms with van der Waals surface area (Å²) in [5.41, 5.74) is 5.64. The lowest BCUT2D eigenvalue weighted by molar-refractivity contribution is 0.332. The Morgan fingerprint density at radius 2 is 1.69 bits per heavy atom. The third-order valence-electron chi connectivity index (χ3n) is 6.86. The van der Waals surface area contributed by atoms with E-state index in [1.54, 1.807) is 14.2 Å². The number of methoxy groups -OCH3 is 2. The smallest absolute Gasteiger partial charge is 0.310 e. The normalized spacial score (nSPS) is 16.4. The molecule has 0 saturated heterocycles. The molecule has 0 radical (unpaired) electrons. The maximum atomic E-state index is 12.2. The largest absolute Gasteiger partial charge is 0.496 e. The van der Waals surface area contributed by atoms with Crippen molar-refractivity contribution >= 4 is 11.3 Å². The highest BCUT2D eigenvalue weighted by Crippen LogP contribution is 2.49. The molecule has 1 aliphatic carbocycles. The van der Waals surface area contributed by atoms with Crippen molar-refractivity contribution in [2.24, 2.45) is 0 Å². The number of ether oxygens (including phenoxy) is 2. The Labute approximate surface area is 193 Å². The average molecular weight is 454 g/mol. The fourth-order valence-corrected chi connectivity index (χ4v) is 5.41. The first-order valence-electron chi connectivity index (χ1n) is 10.9. The Bertz CT molecular complexity index is 1220. The van der Waals surface area contributed by atoms with Crippen molar-refractivity contribution in [3.8, 4) is 28.5 Å². The third-order valence-corrected chi connectivity index (χ3v) is 7.61. The van der Waals surface area contributed by atoms with Crippen LogP contribution in [0.5, 0.6) is 17.4 Å². The summed E-state index contributed by atoms with van der Waals surface area (Å²) in [5.74, 6) is 1.31. The van der Waals surface area contributed by atoms with Crippen molar-refractivity contribution in [3.05, 3.63) is 62.1 Å². The predicted molar refractivity (Wildman–Crippen MR) is 130 cm³/mol. The van der Waals surface area contributed by atoms with Gasteiger partial charge in [-0.25, -0.2) is 0 Å².